The molecule has 3 rings (SSSR count). The van der Waals surface area contributed by atoms with Crippen molar-refractivity contribution in [1.29, 1.82) is 0 Å². The lowest BCUT2D eigenvalue weighted by Crippen LogP contribution is -2.27. The molecule has 0 spiro atoms. The van der Waals surface area contributed by atoms with E-state index < -0.39 is 0 Å². The van der Waals surface area contributed by atoms with Gasteiger partial charge in [-0.3, -0.25) is 4.79 Å². The Hall–Kier alpha value is -2.33. The van der Waals surface area contributed by atoms with Gasteiger partial charge in [0.1, 0.15) is 11.3 Å². The van der Waals surface area contributed by atoms with E-state index in [4.69, 9.17) is 4.42 Å². The maximum atomic E-state index is 11.8. The van der Waals surface area contributed by atoms with E-state index in [1.54, 1.807) is 22.9 Å². The van der Waals surface area contributed by atoms with Gasteiger partial charge in [0.15, 0.2) is 0 Å². The molecule has 0 aliphatic heterocycles. The Bertz CT molecular complexity index is 740. The van der Waals surface area contributed by atoms with Crippen molar-refractivity contribution < 1.29 is 4.42 Å². The van der Waals surface area contributed by atoms with Crippen molar-refractivity contribution in [2.45, 2.75) is 12.6 Å². The maximum absolute atomic E-state index is 11.8. The van der Waals surface area contributed by atoms with Crippen molar-refractivity contribution in [3.8, 4) is 0 Å². The van der Waals surface area contributed by atoms with Crippen LogP contribution in [0.1, 0.15) is 11.8 Å². The average Bonchev–Trinajstić information content (AvgIpc) is 2.90. The highest BCUT2D eigenvalue weighted by Crippen LogP contribution is 2.24. The number of likely N-dealkylation sites (N-methyl/N-ethyl adjacent to an activating group) is 1. The van der Waals surface area contributed by atoms with E-state index in [9.17, 15) is 4.79 Å². The number of fused-ring (bicyclic) bond motifs is 1. The first-order valence-corrected chi connectivity index (χ1v) is 6.59. The van der Waals surface area contributed by atoms with Gasteiger partial charge in [-0.2, -0.15) is 0 Å². The standard InChI is InChI=1S/C16H16N2O2/c1-17-13(11-18-9-5-4-8-16(18)19)15-10-12-6-2-3-7-14(12)20-15/h2-10,13,17H,11H2,1H3. The van der Waals surface area contributed by atoms with E-state index in [1.807, 2.05) is 43.4 Å². The summed E-state index contributed by atoms with van der Waals surface area (Å²) in [5.74, 6) is 0.837. The van der Waals surface area contributed by atoms with Crippen LogP contribution >= 0.6 is 0 Å². The third-order valence-corrected chi connectivity index (χ3v) is 3.41. The van der Waals surface area contributed by atoms with E-state index in [2.05, 4.69) is 5.32 Å². The van der Waals surface area contributed by atoms with Crippen LogP contribution < -0.4 is 10.9 Å². The second-order valence-electron chi connectivity index (χ2n) is 4.72. The summed E-state index contributed by atoms with van der Waals surface area (Å²) in [5.41, 5.74) is 0.854. The third-order valence-electron chi connectivity index (χ3n) is 3.41. The first kappa shape index (κ1) is 12.7. The summed E-state index contributed by atoms with van der Waals surface area (Å²) in [6.07, 6.45) is 1.79. The van der Waals surface area contributed by atoms with Crippen molar-refractivity contribution in [1.82, 2.24) is 9.88 Å². The summed E-state index contributed by atoms with van der Waals surface area (Å²) in [6.45, 7) is 0.538. The second-order valence-corrected chi connectivity index (χ2v) is 4.72. The summed E-state index contributed by atoms with van der Waals surface area (Å²) >= 11 is 0. The monoisotopic (exact) mass is 268 g/mol. The van der Waals surface area contributed by atoms with Gasteiger partial charge in [0, 0.05) is 24.2 Å². The highest BCUT2D eigenvalue weighted by molar-refractivity contribution is 5.77. The molecule has 20 heavy (non-hydrogen) atoms. The molecular weight excluding hydrogens is 252 g/mol. The molecule has 0 radical (unpaired) electrons. The first-order valence-electron chi connectivity index (χ1n) is 6.59. The number of nitrogens with one attached hydrogen (secondary N) is 1. The molecule has 4 nitrogen and oxygen atoms in total. The lowest BCUT2D eigenvalue weighted by Gasteiger charge is -2.14. The number of hydrogen-bond donors (Lipinski definition) is 1. The van der Waals surface area contributed by atoms with Crippen LogP contribution in [0.5, 0.6) is 0 Å². The zero-order chi connectivity index (χ0) is 13.9. The quantitative estimate of drug-likeness (QED) is 0.791. The Labute approximate surface area is 116 Å². The Balaban J connectivity index is 1.93. The van der Waals surface area contributed by atoms with Crippen molar-refractivity contribution in [2.75, 3.05) is 7.05 Å². The number of aromatic nitrogens is 1. The van der Waals surface area contributed by atoms with E-state index in [1.165, 1.54) is 0 Å². The minimum Gasteiger partial charge on any atom is -0.459 e. The highest BCUT2D eigenvalue weighted by atomic mass is 16.3. The van der Waals surface area contributed by atoms with E-state index in [0.29, 0.717) is 6.54 Å². The molecule has 0 amide bonds. The van der Waals surface area contributed by atoms with Crippen LogP contribution in [0.15, 0.2) is 63.9 Å². The van der Waals surface area contributed by atoms with Gasteiger partial charge in [-0.05, 0) is 25.2 Å². The molecule has 0 aliphatic rings. The van der Waals surface area contributed by atoms with Crippen LogP contribution in [0.25, 0.3) is 11.0 Å². The van der Waals surface area contributed by atoms with E-state index >= 15 is 0 Å². The lowest BCUT2D eigenvalue weighted by molar-refractivity contribution is 0.406. The molecular formula is C16H16N2O2. The minimum atomic E-state index is -0.0394. The predicted molar refractivity (Wildman–Crippen MR) is 78.7 cm³/mol. The van der Waals surface area contributed by atoms with Crippen molar-refractivity contribution >= 4 is 11.0 Å². The Morgan fingerprint density at radius 1 is 1.20 bits per heavy atom. The number of para-hydroxylation sites is 1. The molecule has 1 atom stereocenters. The van der Waals surface area contributed by atoms with Crippen LogP contribution in [0.3, 0.4) is 0 Å². The van der Waals surface area contributed by atoms with Crippen molar-refractivity contribution in [3.63, 3.8) is 0 Å². The number of rotatable bonds is 4. The average molecular weight is 268 g/mol. The van der Waals surface area contributed by atoms with Gasteiger partial charge in [-0.25, -0.2) is 0 Å². The van der Waals surface area contributed by atoms with Crippen LogP contribution in [0.4, 0.5) is 0 Å². The molecule has 0 saturated heterocycles. The fourth-order valence-electron chi connectivity index (χ4n) is 2.31. The van der Waals surface area contributed by atoms with E-state index in [-0.39, 0.29) is 11.6 Å². The number of furan rings is 1. The van der Waals surface area contributed by atoms with Crippen molar-refractivity contribution in [3.05, 3.63) is 70.8 Å². The fourth-order valence-corrected chi connectivity index (χ4v) is 2.31. The van der Waals surface area contributed by atoms with Gasteiger partial charge in [-0.15, -0.1) is 0 Å². The molecule has 3 aromatic rings. The highest BCUT2D eigenvalue weighted by Gasteiger charge is 2.15. The topological polar surface area (TPSA) is 47.2 Å². The van der Waals surface area contributed by atoms with Gasteiger partial charge >= 0.3 is 0 Å². The Morgan fingerprint density at radius 3 is 2.75 bits per heavy atom. The molecule has 1 N–H and O–H groups in total. The van der Waals surface area contributed by atoms with Gasteiger partial charge in [0.2, 0.25) is 0 Å². The van der Waals surface area contributed by atoms with Crippen LogP contribution in [-0.2, 0) is 6.54 Å². The third kappa shape index (κ3) is 2.38. The maximum Gasteiger partial charge on any atom is 0.250 e. The zero-order valence-corrected chi connectivity index (χ0v) is 11.2. The molecule has 0 fully saturated rings. The summed E-state index contributed by atoms with van der Waals surface area (Å²) in [6, 6.07) is 15.0. The zero-order valence-electron chi connectivity index (χ0n) is 11.2. The predicted octanol–water partition coefficient (Wildman–Crippen LogP) is 2.56. The molecule has 1 unspecified atom stereocenters. The summed E-state index contributed by atoms with van der Waals surface area (Å²) in [5, 5.41) is 4.27. The SMILES string of the molecule is CNC(Cn1ccccc1=O)c1cc2ccccc2o1. The number of benzene rings is 1. The molecule has 2 aromatic heterocycles. The van der Waals surface area contributed by atoms with Crippen LogP contribution in [0.2, 0.25) is 0 Å². The van der Waals surface area contributed by atoms with Gasteiger partial charge in [0.05, 0.1) is 6.04 Å². The molecule has 0 aliphatic carbocycles. The van der Waals surface area contributed by atoms with Gasteiger partial charge in [0.25, 0.3) is 5.56 Å². The number of hydrogen-bond acceptors (Lipinski definition) is 3. The Kier molecular flexibility index (Phi) is 3.39. The van der Waals surface area contributed by atoms with Crippen LogP contribution in [0, 0.1) is 0 Å². The molecule has 0 saturated carbocycles. The fraction of sp³-hybridized carbons (Fsp3) is 0.188. The Morgan fingerprint density at radius 2 is 2.00 bits per heavy atom. The van der Waals surface area contributed by atoms with Gasteiger partial charge < -0.3 is 14.3 Å². The first-order chi connectivity index (χ1) is 9.78. The minimum absolute atomic E-state index is 0.0103. The molecule has 102 valence electrons. The molecule has 1 aromatic carbocycles. The summed E-state index contributed by atoms with van der Waals surface area (Å²) < 4.78 is 7.53. The summed E-state index contributed by atoms with van der Waals surface area (Å²) in [4.78, 5) is 11.8. The molecule has 0 bridgehead atoms. The van der Waals surface area contributed by atoms with Crippen molar-refractivity contribution in [2.24, 2.45) is 0 Å². The van der Waals surface area contributed by atoms with Gasteiger partial charge in [-0.1, -0.05) is 24.3 Å². The largest absolute Gasteiger partial charge is 0.459 e. The molecule has 4 heteroatoms. The lowest BCUT2D eigenvalue weighted by atomic mass is 10.2. The van der Waals surface area contributed by atoms with E-state index in [0.717, 1.165) is 16.7 Å². The molecule has 2 heterocycles. The second kappa shape index (κ2) is 5.35. The smallest absolute Gasteiger partial charge is 0.250 e. The summed E-state index contributed by atoms with van der Waals surface area (Å²) in [7, 11) is 1.87. The number of nitrogens with zero attached hydrogens (tertiary/aromatic N) is 1. The normalized spacial score (nSPS) is 12.7. The van der Waals surface area contributed by atoms with Crippen LogP contribution in [-0.4, -0.2) is 11.6 Å². The number of pyridine rings is 1.